The lowest BCUT2D eigenvalue weighted by Crippen LogP contribution is -2.41. The van der Waals surface area contributed by atoms with Crippen LogP contribution in [0.3, 0.4) is 0 Å². The van der Waals surface area contributed by atoms with Gasteiger partial charge in [-0.15, -0.1) is 10.2 Å². The lowest BCUT2D eigenvalue weighted by molar-refractivity contribution is -0.117. The second-order valence-corrected chi connectivity index (χ2v) is 8.56. The van der Waals surface area contributed by atoms with Gasteiger partial charge in [0, 0.05) is 11.7 Å². The Morgan fingerprint density at radius 2 is 1.96 bits per heavy atom. The molecule has 1 aromatic carbocycles. The number of urea groups is 1. The Balaban J connectivity index is 1.45. The number of nitrogens with zero attached hydrogens (tertiary/aromatic N) is 2. The van der Waals surface area contributed by atoms with Crippen LogP contribution < -0.4 is 16.0 Å². The van der Waals surface area contributed by atoms with Crippen LogP contribution in [0.2, 0.25) is 0 Å². The Labute approximate surface area is 160 Å². The highest BCUT2D eigenvalue weighted by atomic mass is 32.2. The van der Waals surface area contributed by atoms with Crippen LogP contribution in [0.15, 0.2) is 28.6 Å². The summed E-state index contributed by atoms with van der Waals surface area (Å²) in [5.74, 6) is 0.267. The number of anilines is 2. The average Bonchev–Trinajstić information content (AvgIpc) is 3.30. The third-order valence-electron chi connectivity index (χ3n) is 3.73. The molecular weight excluding hydrogens is 370 g/mol. The van der Waals surface area contributed by atoms with E-state index in [0.29, 0.717) is 15.4 Å². The van der Waals surface area contributed by atoms with Crippen molar-refractivity contribution in [1.29, 1.82) is 0 Å². The molecule has 2 aromatic rings. The first-order valence-electron chi connectivity index (χ1n) is 8.43. The zero-order chi connectivity index (χ0) is 18.5. The van der Waals surface area contributed by atoms with Crippen LogP contribution in [0, 0.1) is 0 Å². The first-order valence-corrected chi connectivity index (χ1v) is 10.2. The van der Waals surface area contributed by atoms with Crippen LogP contribution in [-0.4, -0.2) is 33.9 Å². The largest absolute Gasteiger partial charge is 0.335 e. The Kier molecular flexibility index (Phi) is 6.10. The lowest BCUT2D eigenvalue weighted by atomic mass is 10.0. The summed E-state index contributed by atoms with van der Waals surface area (Å²) in [6.45, 7) is 4.31. The van der Waals surface area contributed by atoms with Gasteiger partial charge in [0.15, 0.2) is 4.34 Å². The van der Waals surface area contributed by atoms with E-state index in [0.717, 1.165) is 18.5 Å². The van der Waals surface area contributed by atoms with Crippen LogP contribution in [0.25, 0.3) is 0 Å². The van der Waals surface area contributed by atoms with Gasteiger partial charge in [-0.1, -0.05) is 49.1 Å². The molecule has 26 heavy (non-hydrogen) atoms. The number of aromatic nitrogens is 2. The van der Waals surface area contributed by atoms with E-state index in [1.165, 1.54) is 28.7 Å². The fraction of sp³-hybridized carbons (Fsp3) is 0.412. The van der Waals surface area contributed by atoms with Crippen molar-refractivity contribution in [2.24, 2.45) is 0 Å². The molecule has 1 aliphatic rings. The van der Waals surface area contributed by atoms with Crippen LogP contribution in [0.1, 0.15) is 38.2 Å². The van der Waals surface area contributed by atoms with Gasteiger partial charge < -0.3 is 10.6 Å². The van der Waals surface area contributed by atoms with E-state index in [1.54, 1.807) is 0 Å². The van der Waals surface area contributed by atoms with Gasteiger partial charge in [0.2, 0.25) is 11.0 Å². The van der Waals surface area contributed by atoms with E-state index in [4.69, 9.17) is 0 Å². The number of carbonyl (C=O) groups is 2. The second-order valence-electron chi connectivity index (χ2n) is 6.36. The molecule has 3 amide bonds. The summed E-state index contributed by atoms with van der Waals surface area (Å²) < 4.78 is 0.670. The smallest absolute Gasteiger partial charge is 0.321 e. The second kappa shape index (κ2) is 8.50. The predicted molar refractivity (Wildman–Crippen MR) is 104 cm³/mol. The molecule has 0 saturated heterocycles. The molecule has 0 unspecified atom stereocenters. The summed E-state index contributed by atoms with van der Waals surface area (Å²) in [4.78, 5) is 23.3. The fourth-order valence-corrected chi connectivity index (χ4v) is 3.70. The maximum atomic E-state index is 11.8. The van der Waals surface area contributed by atoms with Crippen LogP contribution >= 0.6 is 23.1 Å². The molecule has 7 nitrogen and oxygen atoms in total. The van der Waals surface area contributed by atoms with Crippen LogP contribution in [0.5, 0.6) is 0 Å². The summed E-state index contributed by atoms with van der Waals surface area (Å²) in [6.07, 6.45) is 1.97. The molecule has 1 heterocycles. The molecule has 1 aliphatic carbocycles. The third kappa shape index (κ3) is 5.70. The minimum atomic E-state index is -0.428. The van der Waals surface area contributed by atoms with Gasteiger partial charge in [-0.05, 0) is 36.5 Å². The van der Waals surface area contributed by atoms with Crippen molar-refractivity contribution < 1.29 is 9.59 Å². The first kappa shape index (κ1) is 18.7. The molecule has 1 aromatic heterocycles. The molecular formula is C17H21N5O2S2. The molecule has 0 aliphatic heterocycles. The standard InChI is InChI=1S/C17H21N5O2S2/c1-10(2)11-3-5-13(6-4-11)19-16-21-22-17(26-16)25-9-14(23)20-15(24)18-12-7-8-12/h3-6,10,12H,7-9H2,1-2H3,(H,19,21)(H2,18,20,23,24). The Bertz CT molecular complexity index is 772. The quantitative estimate of drug-likeness (QED) is 0.625. The lowest BCUT2D eigenvalue weighted by Gasteiger charge is -2.06. The van der Waals surface area contributed by atoms with Gasteiger partial charge in [0.25, 0.3) is 0 Å². The maximum absolute atomic E-state index is 11.8. The van der Waals surface area contributed by atoms with Crippen molar-refractivity contribution in [3.63, 3.8) is 0 Å². The Hall–Kier alpha value is -2.13. The average molecular weight is 392 g/mol. The van der Waals surface area contributed by atoms with Gasteiger partial charge in [-0.3, -0.25) is 10.1 Å². The number of imide groups is 1. The van der Waals surface area contributed by atoms with Gasteiger partial charge in [-0.2, -0.15) is 0 Å². The van der Waals surface area contributed by atoms with Crippen molar-refractivity contribution in [2.75, 3.05) is 11.1 Å². The maximum Gasteiger partial charge on any atom is 0.321 e. The molecule has 1 fully saturated rings. The highest BCUT2D eigenvalue weighted by molar-refractivity contribution is 8.01. The van der Waals surface area contributed by atoms with Gasteiger partial charge in [0.05, 0.1) is 5.75 Å². The third-order valence-corrected chi connectivity index (χ3v) is 5.70. The van der Waals surface area contributed by atoms with E-state index >= 15 is 0 Å². The number of amides is 3. The summed E-state index contributed by atoms with van der Waals surface area (Å²) in [7, 11) is 0. The fourth-order valence-electron chi connectivity index (χ4n) is 2.13. The summed E-state index contributed by atoms with van der Waals surface area (Å²) in [5, 5.41) is 17.0. The number of thioether (sulfide) groups is 1. The normalized spacial score (nSPS) is 13.5. The SMILES string of the molecule is CC(C)c1ccc(Nc2nnc(SCC(=O)NC(=O)NC3CC3)s2)cc1. The number of hydrogen-bond acceptors (Lipinski definition) is 7. The Morgan fingerprint density at radius 3 is 2.62 bits per heavy atom. The molecule has 1 saturated carbocycles. The molecule has 138 valence electrons. The summed E-state index contributed by atoms with van der Waals surface area (Å²) in [6, 6.07) is 7.98. The predicted octanol–water partition coefficient (Wildman–Crippen LogP) is 3.49. The number of rotatable bonds is 7. The van der Waals surface area contributed by atoms with Gasteiger partial charge in [0.1, 0.15) is 0 Å². The molecule has 9 heteroatoms. The van der Waals surface area contributed by atoms with Crippen molar-refractivity contribution in [2.45, 2.75) is 43.0 Å². The first-order chi connectivity index (χ1) is 12.5. The van der Waals surface area contributed by atoms with Gasteiger partial charge in [-0.25, -0.2) is 4.79 Å². The van der Waals surface area contributed by atoms with Crippen molar-refractivity contribution in [3.8, 4) is 0 Å². The zero-order valence-electron chi connectivity index (χ0n) is 14.6. The topological polar surface area (TPSA) is 96.0 Å². The van der Waals surface area contributed by atoms with Crippen LogP contribution in [-0.2, 0) is 4.79 Å². The molecule has 0 spiro atoms. The molecule has 3 rings (SSSR count). The Morgan fingerprint density at radius 1 is 1.23 bits per heavy atom. The number of hydrogen-bond donors (Lipinski definition) is 3. The van der Waals surface area contributed by atoms with Crippen LogP contribution in [0.4, 0.5) is 15.6 Å². The number of nitrogens with one attached hydrogen (secondary N) is 3. The monoisotopic (exact) mass is 391 g/mol. The molecule has 0 radical (unpaired) electrons. The molecule has 3 N–H and O–H groups in total. The summed E-state index contributed by atoms with van der Waals surface area (Å²) in [5.41, 5.74) is 2.22. The number of carbonyl (C=O) groups excluding carboxylic acids is 2. The van der Waals surface area contributed by atoms with E-state index < -0.39 is 6.03 Å². The highest BCUT2D eigenvalue weighted by Crippen LogP contribution is 2.28. The van der Waals surface area contributed by atoms with E-state index in [1.807, 2.05) is 12.1 Å². The zero-order valence-corrected chi connectivity index (χ0v) is 16.2. The summed E-state index contributed by atoms with van der Waals surface area (Å²) >= 11 is 2.62. The van der Waals surface area contributed by atoms with E-state index in [-0.39, 0.29) is 17.7 Å². The minimum absolute atomic E-state index is 0.121. The van der Waals surface area contributed by atoms with E-state index in [2.05, 4.69) is 52.1 Å². The van der Waals surface area contributed by atoms with Crippen molar-refractivity contribution in [3.05, 3.63) is 29.8 Å². The molecule has 0 bridgehead atoms. The minimum Gasteiger partial charge on any atom is -0.335 e. The van der Waals surface area contributed by atoms with Gasteiger partial charge >= 0.3 is 6.03 Å². The molecule has 0 atom stereocenters. The van der Waals surface area contributed by atoms with Crippen molar-refractivity contribution >= 4 is 45.9 Å². The highest BCUT2D eigenvalue weighted by Gasteiger charge is 2.23. The van der Waals surface area contributed by atoms with E-state index in [9.17, 15) is 9.59 Å². The number of benzene rings is 1. The van der Waals surface area contributed by atoms with Crippen molar-refractivity contribution in [1.82, 2.24) is 20.8 Å².